The summed E-state index contributed by atoms with van der Waals surface area (Å²) in [6, 6.07) is 14.7. The second kappa shape index (κ2) is 7.67. The normalized spacial score (nSPS) is 23.5. The van der Waals surface area contributed by atoms with Gasteiger partial charge in [0.15, 0.2) is 0 Å². The summed E-state index contributed by atoms with van der Waals surface area (Å²) in [7, 11) is 0. The molecule has 0 aliphatic carbocycles. The Morgan fingerprint density at radius 3 is 2.57 bits per heavy atom. The monoisotopic (exact) mass is 421 g/mol. The number of rotatable bonds is 4. The predicted octanol–water partition coefficient (Wildman–Crippen LogP) is 5.02. The highest BCUT2D eigenvalue weighted by molar-refractivity contribution is 7.16. The van der Waals surface area contributed by atoms with Gasteiger partial charge >= 0.3 is 6.09 Å². The molecular weight excluding hydrogens is 394 g/mol. The van der Waals surface area contributed by atoms with Gasteiger partial charge in [-0.05, 0) is 74.5 Å². The Bertz CT molecular complexity index is 1050. The molecule has 6 rings (SSSR count). The summed E-state index contributed by atoms with van der Waals surface area (Å²) >= 11 is 1.65. The largest absolute Gasteiger partial charge is 0.445 e. The molecule has 3 aliphatic rings. The Hall–Kier alpha value is -2.44. The van der Waals surface area contributed by atoms with Crippen molar-refractivity contribution in [1.82, 2.24) is 15.2 Å². The molecule has 1 N–H and O–H groups in total. The third-order valence-corrected chi connectivity index (χ3v) is 7.33. The highest BCUT2D eigenvalue weighted by Crippen LogP contribution is 2.31. The van der Waals surface area contributed by atoms with Crippen molar-refractivity contribution in [2.45, 2.75) is 38.3 Å². The summed E-state index contributed by atoms with van der Waals surface area (Å²) in [6.45, 7) is 7.18. The van der Waals surface area contributed by atoms with Gasteiger partial charge in [0, 0.05) is 6.54 Å². The summed E-state index contributed by atoms with van der Waals surface area (Å²) in [5, 5.41) is 3.07. The van der Waals surface area contributed by atoms with Gasteiger partial charge in [-0.1, -0.05) is 30.3 Å². The van der Waals surface area contributed by atoms with Crippen LogP contribution in [0.3, 0.4) is 0 Å². The Kier molecular flexibility index (Phi) is 4.99. The number of thiazole rings is 1. The molecule has 4 heterocycles. The van der Waals surface area contributed by atoms with Gasteiger partial charge in [0.2, 0.25) is 0 Å². The minimum absolute atomic E-state index is 0.0207. The number of fused-ring (bicyclic) bond motifs is 4. The third kappa shape index (κ3) is 3.82. The summed E-state index contributed by atoms with van der Waals surface area (Å²) in [4.78, 5) is 19.3. The Morgan fingerprint density at radius 2 is 1.87 bits per heavy atom. The molecule has 1 amide bonds. The number of carbonyl (C=O) groups is 1. The molecule has 2 aromatic carbocycles. The van der Waals surface area contributed by atoms with Crippen LogP contribution in [0.15, 0.2) is 48.0 Å². The first-order chi connectivity index (χ1) is 14.5. The van der Waals surface area contributed by atoms with E-state index in [0.717, 1.165) is 49.1 Å². The lowest BCUT2D eigenvalue weighted by Gasteiger charge is -2.44. The van der Waals surface area contributed by atoms with Crippen molar-refractivity contribution in [1.29, 1.82) is 0 Å². The average Bonchev–Trinajstić information content (AvgIpc) is 3.22. The lowest BCUT2D eigenvalue weighted by molar-refractivity contribution is -0.0349. The van der Waals surface area contributed by atoms with Gasteiger partial charge in [0.1, 0.15) is 6.10 Å². The van der Waals surface area contributed by atoms with Crippen molar-refractivity contribution < 1.29 is 9.53 Å². The number of nitrogens with one attached hydrogen (secondary N) is 1. The number of alkyl carbamates (subject to hydrolysis) is 1. The van der Waals surface area contributed by atoms with Gasteiger partial charge in [0.25, 0.3) is 0 Å². The van der Waals surface area contributed by atoms with Gasteiger partial charge in [0.05, 0.1) is 21.3 Å². The van der Waals surface area contributed by atoms with Gasteiger partial charge in [-0.15, -0.1) is 11.3 Å². The smallest absolute Gasteiger partial charge is 0.408 e. The highest BCUT2D eigenvalue weighted by atomic mass is 32.1. The van der Waals surface area contributed by atoms with E-state index >= 15 is 0 Å². The SMILES string of the molecule is CC(C)(NC(=O)OC1CN2CCC1CC2)c1ccc(-c2ccc3ncsc3c2)cc1. The minimum Gasteiger partial charge on any atom is -0.445 e. The van der Waals surface area contributed by atoms with E-state index < -0.39 is 5.54 Å². The van der Waals surface area contributed by atoms with Crippen molar-refractivity contribution in [2.24, 2.45) is 5.92 Å². The molecule has 2 bridgehead atoms. The molecule has 0 saturated carbocycles. The maximum Gasteiger partial charge on any atom is 0.408 e. The molecule has 0 radical (unpaired) electrons. The highest BCUT2D eigenvalue weighted by Gasteiger charge is 2.37. The molecule has 3 aromatic rings. The molecule has 0 spiro atoms. The number of carbonyl (C=O) groups excluding carboxylic acids is 1. The zero-order valence-corrected chi connectivity index (χ0v) is 18.2. The second-order valence-electron chi connectivity index (χ2n) is 8.94. The van der Waals surface area contributed by atoms with E-state index in [2.05, 4.69) is 57.7 Å². The Morgan fingerprint density at radius 1 is 1.13 bits per heavy atom. The van der Waals surface area contributed by atoms with E-state index in [9.17, 15) is 4.79 Å². The van der Waals surface area contributed by atoms with E-state index in [0.29, 0.717) is 5.92 Å². The number of piperidine rings is 3. The number of hydrogen-bond acceptors (Lipinski definition) is 5. The fourth-order valence-corrected chi connectivity index (χ4v) is 5.37. The first-order valence-corrected chi connectivity index (χ1v) is 11.5. The Labute approximate surface area is 181 Å². The van der Waals surface area contributed by atoms with E-state index in [4.69, 9.17) is 4.74 Å². The number of ether oxygens (including phenoxy) is 1. The lowest BCUT2D eigenvalue weighted by atomic mass is 9.86. The van der Waals surface area contributed by atoms with Gasteiger partial charge in [-0.3, -0.25) is 4.90 Å². The number of nitrogens with zero attached hydrogens (tertiary/aromatic N) is 2. The van der Waals surface area contributed by atoms with Crippen LogP contribution in [0.1, 0.15) is 32.3 Å². The molecule has 3 fully saturated rings. The van der Waals surface area contributed by atoms with Gasteiger partial charge in [-0.2, -0.15) is 0 Å². The fraction of sp³-hybridized carbons (Fsp3) is 0.417. The standard InChI is InChI=1S/C24H27N3O2S/c1-24(2,26-23(28)29-21-14-27-11-9-17(21)10-12-27)19-6-3-16(4-7-19)18-5-8-20-22(13-18)30-15-25-20/h3-8,13,15,17,21H,9-12,14H2,1-2H3,(H,26,28). The molecule has 6 heteroatoms. The Balaban J connectivity index is 1.26. The van der Waals surface area contributed by atoms with Crippen LogP contribution in [0, 0.1) is 5.92 Å². The van der Waals surface area contributed by atoms with E-state index in [1.807, 2.05) is 19.4 Å². The molecule has 156 valence electrons. The molecule has 1 unspecified atom stereocenters. The quantitative estimate of drug-likeness (QED) is 0.643. The summed E-state index contributed by atoms with van der Waals surface area (Å²) in [5.41, 5.74) is 5.78. The number of aromatic nitrogens is 1. The lowest BCUT2D eigenvalue weighted by Crippen LogP contribution is -2.53. The minimum atomic E-state index is -0.509. The summed E-state index contributed by atoms with van der Waals surface area (Å²) < 4.78 is 7.00. The van der Waals surface area contributed by atoms with Crippen LogP contribution >= 0.6 is 11.3 Å². The van der Waals surface area contributed by atoms with Crippen LogP contribution < -0.4 is 5.32 Å². The topological polar surface area (TPSA) is 54.5 Å². The fourth-order valence-electron chi connectivity index (χ4n) is 4.65. The molecule has 3 saturated heterocycles. The zero-order valence-electron chi connectivity index (χ0n) is 17.4. The van der Waals surface area contributed by atoms with Crippen molar-refractivity contribution in [2.75, 3.05) is 19.6 Å². The van der Waals surface area contributed by atoms with Crippen LogP contribution in [0.5, 0.6) is 0 Å². The van der Waals surface area contributed by atoms with Crippen molar-refractivity contribution in [3.63, 3.8) is 0 Å². The summed E-state index contributed by atoms with van der Waals surface area (Å²) in [5.74, 6) is 0.513. The predicted molar refractivity (Wildman–Crippen MR) is 121 cm³/mol. The van der Waals surface area contributed by atoms with Gasteiger partial charge < -0.3 is 10.1 Å². The summed E-state index contributed by atoms with van der Waals surface area (Å²) in [6.07, 6.45) is 1.97. The van der Waals surface area contributed by atoms with Gasteiger partial charge in [-0.25, -0.2) is 9.78 Å². The first kappa shape index (κ1) is 19.5. The van der Waals surface area contributed by atoms with Crippen molar-refractivity contribution >= 4 is 27.6 Å². The van der Waals surface area contributed by atoms with Crippen molar-refractivity contribution in [3.05, 3.63) is 53.5 Å². The molecule has 3 aliphatic heterocycles. The zero-order chi connectivity index (χ0) is 20.7. The van der Waals surface area contributed by atoms with Crippen molar-refractivity contribution in [3.8, 4) is 11.1 Å². The molecule has 1 aromatic heterocycles. The number of amides is 1. The first-order valence-electron chi connectivity index (χ1n) is 10.6. The molecule has 30 heavy (non-hydrogen) atoms. The molecule has 1 atom stereocenters. The van der Waals surface area contributed by atoms with E-state index in [1.165, 1.54) is 10.3 Å². The second-order valence-corrected chi connectivity index (χ2v) is 9.83. The molecule has 5 nitrogen and oxygen atoms in total. The van der Waals surface area contributed by atoms with Crippen LogP contribution in [-0.4, -0.2) is 41.7 Å². The third-order valence-electron chi connectivity index (χ3n) is 6.54. The van der Waals surface area contributed by atoms with E-state index in [-0.39, 0.29) is 12.2 Å². The van der Waals surface area contributed by atoms with Crippen LogP contribution in [0.4, 0.5) is 4.79 Å². The maximum atomic E-state index is 12.6. The number of hydrogen-bond donors (Lipinski definition) is 1. The van der Waals surface area contributed by atoms with E-state index in [1.54, 1.807) is 11.3 Å². The van der Waals surface area contributed by atoms with Crippen LogP contribution in [-0.2, 0) is 10.3 Å². The van der Waals surface area contributed by atoms with Crippen LogP contribution in [0.2, 0.25) is 0 Å². The maximum absolute atomic E-state index is 12.6. The average molecular weight is 422 g/mol. The molecular formula is C24H27N3O2S. The van der Waals surface area contributed by atoms with Crippen LogP contribution in [0.25, 0.3) is 21.3 Å². The number of benzene rings is 2.